The van der Waals surface area contributed by atoms with E-state index in [0.29, 0.717) is 12.5 Å². The standard InChI is InChI=1S/C23H37N5O2/c1-7-24-23(27(5)14-20-15-28(6)26-22(20)17(2)3)25-13-21(29)16-30-18(4)19-11-9-8-10-12-19/h8-12,15,17-18,21,29H,7,13-14,16H2,1-6H3,(H,24,25). The highest BCUT2D eigenvalue weighted by Crippen LogP contribution is 2.19. The molecule has 166 valence electrons. The lowest BCUT2D eigenvalue weighted by Gasteiger charge is -2.23. The number of hydrogen-bond acceptors (Lipinski definition) is 4. The zero-order valence-corrected chi connectivity index (χ0v) is 19.2. The average molecular weight is 416 g/mol. The van der Waals surface area contributed by atoms with E-state index in [4.69, 9.17) is 4.74 Å². The Kier molecular flexibility index (Phi) is 9.33. The summed E-state index contributed by atoms with van der Waals surface area (Å²) >= 11 is 0. The molecule has 0 spiro atoms. The molecule has 1 aromatic heterocycles. The van der Waals surface area contributed by atoms with Gasteiger partial charge in [0.2, 0.25) is 0 Å². The van der Waals surface area contributed by atoms with Crippen molar-refractivity contribution in [2.75, 3.05) is 26.7 Å². The third-order valence-electron chi connectivity index (χ3n) is 4.85. The Morgan fingerprint density at radius 3 is 2.60 bits per heavy atom. The van der Waals surface area contributed by atoms with Crippen molar-refractivity contribution in [2.45, 2.75) is 52.4 Å². The first-order valence-electron chi connectivity index (χ1n) is 10.7. The van der Waals surface area contributed by atoms with Crippen LogP contribution in [0.1, 0.15) is 56.5 Å². The van der Waals surface area contributed by atoms with E-state index in [1.807, 2.05) is 63.0 Å². The number of nitrogens with zero attached hydrogens (tertiary/aromatic N) is 4. The predicted molar refractivity (Wildman–Crippen MR) is 122 cm³/mol. The third kappa shape index (κ3) is 7.15. The van der Waals surface area contributed by atoms with Crippen LogP contribution in [0.4, 0.5) is 0 Å². The summed E-state index contributed by atoms with van der Waals surface area (Å²) in [5.74, 6) is 1.12. The highest BCUT2D eigenvalue weighted by atomic mass is 16.5. The fraction of sp³-hybridized carbons (Fsp3) is 0.565. The maximum atomic E-state index is 10.4. The van der Waals surface area contributed by atoms with Crippen LogP contribution in [0.3, 0.4) is 0 Å². The number of benzene rings is 1. The Morgan fingerprint density at radius 1 is 1.27 bits per heavy atom. The zero-order chi connectivity index (χ0) is 22.1. The quantitative estimate of drug-likeness (QED) is 0.461. The van der Waals surface area contributed by atoms with E-state index in [1.54, 1.807) is 0 Å². The summed E-state index contributed by atoms with van der Waals surface area (Å²) in [6.07, 6.45) is 1.33. The van der Waals surface area contributed by atoms with Crippen LogP contribution in [0.5, 0.6) is 0 Å². The second-order valence-corrected chi connectivity index (χ2v) is 7.96. The van der Waals surface area contributed by atoms with Crippen molar-refractivity contribution in [2.24, 2.45) is 12.0 Å². The van der Waals surface area contributed by atoms with E-state index in [-0.39, 0.29) is 19.3 Å². The maximum Gasteiger partial charge on any atom is 0.194 e. The lowest BCUT2D eigenvalue weighted by molar-refractivity contribution is 0.00106. The van der Waals surface area contributed by atoms with E-state index in [0.717, 1.165) is 23.8 Å². The Labute approximate surface area is 180 Å². The van der Waals surface area contributed by atoms with Gasteiger partial charge in [-0.1, -0.05) is 44.2 Å². The fourth-order valence-electron chi connectivity index (χ4n) is 3.28. The van der Waals surface area contributed by atoms with E-state index in [1.165, 1.54) is 5.56 Å². The number of guanidine groups is 1. The van der Waals surface area contributed by atoms with Gasteiger partial charge in [0.1, 0.15) is 0 Å². The molecule has 0 aliphatic carbocycles. The summed E-state index contributed by atoms with van der Waals surface area (Å²) in [5.41, 5.74) is 3.38. The van der Waals surface area contributed by atoms with Crippen molar-refractivity contribution in [1.82, 2.24) is 20.0 Å². The van der Waals surface area contributed by atoms with Gasteiger partial charge in [-0.25, -0.2) is 0 Å². The van der Waals surface area contributed by atoms with Crippen molar-refractivity contribution in [3.8, 4) is 0 Å². The predicted octanol–water partition coefficient (Wildman–Crippen LogP) is 3.08. The molecule has 0 radical (unpaired) electrons. The molecule has 2 aromatic rings. The number of aliphatic imine (C=N–C) groups is 1. The van der Waals surface area contributed by atoms with Crippen LogP contribution in [0.2, 0.25) is 0 Å². The maximum absolute atomic E-state index is 10.4. The molecule has 0 saturated carbocycles. The monoisotopic (exact) mass is 415 g/mol. The minimum absolute atomic E-state index is 0.0687. The zero-order valence-electron chi connectivity index (χ0n) is 19.2. The van der Waals surface area contributed by atoms with Gasteiger partial charge in [0.05, 0.1) is 31.1 Å². The lowest BCUT2D eigenvalue weighted by Crippen LogP contribution is -2.39. The summed E-state index contributed by atoms with van der Waals surface area (Å²) in [5, 5.41) is 18.2. The highest BCUT2D eigenvalue weighted by molar-refractivity contribution is 5.79. The lowest BCUT2D eigenvalue weighted by atomic mass is 10.1. The van der Waals surface area contributed by atoms with E-state index < -0.39 is 6.10 Å². The molecule has 0 bridgehead atoms. The van der Waals surface area contributed by atoms with Gasteiger partial charge in [-0.3, -0.25) is 9.67 Å². The molecule has 1 aromatic carbocycles. The van der Waals surface area contributed by atoms with Crippen LogP contribution in [-0.4, -0.2) is 58.6 Å². The minimum atomic E-state index is -0.664. The second kappa shape index (κ2) is 11.7. The summed E-state index contributed by atoms with van der Waals surface area (Å²) < 4.78 is 7.68. The molecular weight excluding hydrogens is 378 g/mol. The molecule has 7 nitrogen and oxygen atoms in total. The third-order valence-corrected chi connectivity index (χ3v) is 4.85. The molecule has 30 heavy (non-hydrogen) atoms. The normalized spacial score (nSPS) is 14.1. The molecule has 2 N–H and O–H groups in total. The molecule has 1 heterocycles. The number of ether oxygens (including phenoxy) is 1. The van der Waals surface area contributed by atoms with E-state index in [9.17, 15) is 5.11 Å². The smallest absolute Gasteiger partial charge is 0.194 e. The molecule has 0 fully saturated rings. The van der Waals surface area contributed by atoms with Gasteiger partial charge >= 0.3 is 0 Å². The molecule has 2 unspecified atom stereocenters. The summed E-state index contributed by atoms with van der Waals surface area (Å²) in [6.45, 7) is 10.3. The number of aromatic nitrogens is 2. The number of aryl methyl sites for hydroxylation is 1. The van der Waals surface area contributed by atoms with Crippen LogP contribution < -0.4 is 5.32 Å². The molecule has 7 heteroatoms. The van der Waals surface area contributed by atoms with Crippen LogP contribution in [0.15, 0.2) is 41.5 Å². The highest BCUT2D eigenvalue weighted by Gasteiger charge is 2.16. The van der Waals surface area contributed by atoms with Crippen molar-refractivity contribution in [1.29, 1.82) is 0 Å². The van der Waals surface area contributed by atoms with Gasteiger partial charge in [-0.15, -0.1) is 0 Å². The Morgan fingerprint density at radius 2 is 1.97 bits per heavy atom. The molecule has 0 aliphatic rings. The van der Waals surface area contributed by atoms with Crippen LogP contribution in [0.25, 0.3) is 0 Å². The molecule has 0 amide bonds. The minimum Gasteiger partial charge on any atom is -0.389 e. The van der Waals surface area contributed by atoms with Crippen LogP contribution >= 0.6 is 0 Å². The van der Waals surface area contributed by atoms with Crippen molar-refractivity contribution < 1.29 is 9.84 Å². The first-order valence-corrected chi connectivity index (χ1v) is 10.7. The second-order valence-electron chi connectivity index (χ2n) is 7.96. The van der Waals surface area contributed by atoms with Gasteiger partial charge in [-0.2, -0.15) is 5.10 Å². The Hall–Kier alpha value is -2.38. The number of rotatable bonds is 10. The van der Waals surface area contributed by atoms with Crippen molar-refractivity contribution in [3.05, 3.63) is 53.3 Å². The van der Waals surface area contributed by atoms with Gasteiger partial charge in [0, 0.05) is 38.9 Å². The van der Waals surface area contributed by atoms with E-state index in [2.05, 4.69) is 40.4 Å². The molecule has 0 saturated heterocycles. The van der Waals surface area contributed by atoms with Crippen LogP contribution in [0, 0.1) is 0 Å². The molecular formula is C23H37N5O2. The molecule has 2 atom stereocenters. The SMILES string of the molecule is CCNC(=NCC(O)COC(C)c1ccccc1)N(C)Cc1cn(C)nc1C(C)C. The number of hydrogen-bond donors (Lipinski definition) is 2. The van der Waals surface area contributed by atoms with Gasteiger partial charge < -0.3 is 20.1 Å². The van der Waals surface area contributed by atoms with Gasteiger partial charge in [0.25, 0.3) is 0 Å². The molecule has 0 aliphatic heterocycles. The molecule has 2 rings (SSSR count). The Bertz CT molecular complexity index is 788. The Balaban J connectivity index is 1.94. The van der Waals surface area contributed by atoms with Gasteiger partial charge in [0.15, 0.2) is 5.96 Å². The van der Waals surface area contributed by atoms with Crippen molar-refractivity contribution in [3.63, 3.8) is 0 Å². The fourth-order valence-corrected chi connectivity index (χ4v) is 3.28. The summed E-state index contributed by atoms with van der Waals surface area (Å²) in [4.78, 5) is 6.68. The number of aliphatic hydroxyl groups excluding tert-OH is 1. The first-order chi connectivity index (χ1) is 14.3. The van der Waals surface area contributed by atoms with E-state index >= 15 is 0 Å². The first kappa shape index (κ1) is 23.9. The number of aliphatic hydroxyl groups is 1. The summed E-state index contributed by atoms with van der Waals surface area (Å²) in [6, 6.07) is 10.0. The summed E-state index contributed by atoms with van der Waals surface area (Å²) in [7, 11) is 3.94. The largest absolute Gasteiger partial charge is 0.389 e. The topological polar surface area (TPSA) is 74.9 Å². The average Bonchev–Trinajstić information content (AvgIpc) is 3.10. The van der Waals surface area contributed by atoms with Crippen molar-refractivity contribution >= 4 is 5.96 Å². The number of nitrogens with one attached hydrogen (secondary N) is 1. The van der Waals surface area contributed by atoms with Gasteiger partial charge in [-0.05, 0) is 25.3 Å². The van der Waals surface area contributed by atoms with Crippen LogP contribution in [-0.2, 0) is 18.3 Å².